The van der Waals surface area contributed by atoms with Gasteiger partial charge >= 0.3 is 0 Å². The van der Waals surface area contributed by atoms with Crippen molar-refractivity contribution in [3.63, 3.8) is 0 Å². The molecule has 148 valence electrons. The van der Waals surface area contributed by atoms with E-state index in [-0.39, 0.29) is 16.8 Å². The average molecular weight is 402 g/mol. The van der Waals surface area contributed by atoms with Crippen LogP contribution in [0, 0.1) is 10.8 Å². The number of hydrogen-bond acceptors (Lipinski definition) is 4. The Morgan fingerprint density at radius 3 is 2.38 bits per heavy atom. The number of benzene rings is 2. The second kappa shape index (κ2) is 9.10. The summed E-state index contributed by atoms with van der Waals surface area (Å²) in [6.07, 6.45) is 6.14. The Balaban J connectivity index is 1.71. The first-order valence-corrected chi connectivity index (χ1v) is 10.7. The van der Waals surface area contributed by atoms with Gasteiger partial charge in [-0.2, -0.15) is 0 Å². The van der Waals surface area contributed by atoms with Gasteiger partial charge in [-0.15, -0.1) is 11.3 Å². The van der Waals surface area contributed by atoms with E-state index in [1.165, 1.54) is 5.01 Å². The van der Waals surface area contributed by atoms with Crippen molar-refractivity contribution in [1.82, 2.24) is 4.98 Å². The zero-order valence-electron chi connectivity index (χ0n) is 17.2. The van der Waals surface area contributed by atoms with Crippen LogP contribution in [-0.4, -0.2) is 16.4 Å². The largest absolute Gasteiger partial charge is 0.298 e. The predicted octanol–water partition coefficient (Wildman–Crippen LogP) is 6.52. The van der Waals surface area contributed by atoms with Crippen molar-refractivity contribution in [2.45, 2.75) is 39.0 Å². The number of aromatic nitrogens is 1. The van der Waals surface area contributed by atoms with Crippen LogP contribution in [0.2, 0.25) is 0 Å². The van der Waals surface area contributed by atoms with Crippen LogP contribution in [0.15, 0.2) is 66.1 Å². The fraction of sp³-hybridized carbons (Fsp3) is 0.240. The lowest BCUT2D eigenvalue weighted by Crippen LogP contribution is -2.16. The fourth-order valence-corrected chi connectivity index (χ4v) is 4.01. The van der Waals surface area contributed by atoms with E-state index in [4.69, 9.17) is 15.8 Å². The van der Waals surface area contributed by atoms with Gasteiger partial charge in [-0.05, 0) is 24.5 Å². The van der Waals surface area contributed by atoms with Crippen molar-refractivity contribution >= 4 is 28.8 Å². The minimum absolute atomic E-state index is 0.0137. The summed E-state index contributed by atoms with van der Waals surface area (Å²) in [5, 5.41) is 20.1. The summed E-state index contributed by atoms with van der Waals surface area (Å²) in [7, 11) is 0. The van der Waals surface area contributed by atoms with E-state index in [1.807, 2.05) is 54.6 Å². The van der Waals surface area contributed by atoms with E-state index in [2.05, 4.69) is 38.3 Å². The first-order valence-electron chi connectivity index (χ1n) is 9.85. The van der Waals surface area contributed by atoms with E-state index in [0.717, 1.165) is 35.2 Å². The Kier molecular flexibility index (Phi) is 6.55. The van der Waals surface area contributed by atoms with Crippen LogP contribution in [0.1, 0.15) is 54.6 Å². The van der Waals surface area contributed by atoms with E-state index >= 15 is 0 Å². The maximum atomic E-state index is 8.42. The second-order valence-electron chi connectivity index (χ2n) is 7.71. The van der Waals surface area contributed by atoms with Crippen LogP contribution < -0.4 is 0 Å². The third kappa shape index (κ3) is 5.15. The summed E-state index contributed by atoms with van der Waals surface area (Å²) in [4.78, 5) is 4.74. The molecule has 0 aliphatic carbocycles. The minimum atomic E-state index is -0.0137. The molecule has 0 fully saturated rings. The molecule has 0 unspecified atom stereocenters. The molecule has 1 heterocycles. The van der Waals surface area contributed by atoms with Gasteiger partial charge in [-0.1, -0.05) is 81.5 Å². The first-order chi connectivity index (χ1) is 13.9. The highest BCUT2D eigenvalue weighted by Gasteiger charge is 2.22. The van der Waals surface area contributed by atoms with Gasteiger partial charge in [-0.25, -0.2) is 4.98 Å². The maximum absolute atomic E-state index is 8.42. The summed E-state index contributed by atoms with van der Waals surface area (Å²) in [6.45, 7) is 6.58. The van der Waals surface area contributed by atoms with Crippen molar-refractivity contribution in [3.05, 3.63) is 93.4 Å². The first kappa shape index (κ1) is 20.9. The molecule has 0 radical (unpaired) electrons. The molecule has 3 rings (SSSR count). The molecule has 29 heavy (non-hydrogen) atoms. The van der Waals surface area contributed by atoms with E-state index in [9.17, 15) is 0 Å². The number of hydrogen-bond donors (Lipinski definition) is 2. The molecule has 0 spiro atoms. The minimum Gasteiger partial charge on any atom is -0.298 e. The monoisotopic (exact) mass is 401 g/mol. The van der Waals surface area contributed by atoms with Crippen LogP contribution in [0.5, 0.6) is 0 Å². The van der Waals surface area contributed by atoms with Gasteiger partial charge < -0.3 is 0 Å². The van der Waals surface area contributed by atoms with Gasteiger partial charge in [0.2, 0.25) is 0 Å². The van der Waals surface area contributed by atoms with E-state index in [0.29, 0.717) is 0 Å². The van der Waals surface area contributed by atoms with Crippen LogP contribution >= 0.6 is 11.3 Å². The van der Waals surface area contributed by atoms with Crippen molar-refractivity contribution in [2.75, 3.05) is 0 Å². The second-order valence-corrected chi connectivity index (χ2v) is 8.65. The molecule has 0 saturated carbocycles. The molecule has 0 bridgehead atoms. The molecule has 0 aliphatic rings. The highest BCUT2D eigenvalue weighted by Crippen LogP contribution is 2.29. The molecule has 0 amide bonds. The molecule has 3 nitrogen and oxygen atoms in total. The number of nitrogens with one attached hydrogen (secondary N) is 2. The highest BCUT2D eigenvalue weighted by molar-refractivity contribution is 7.09. The fourth-order valence-electron chi connectivity index (χ4n) is 3.07. The Morgan fingerprint density at radius 2 is 1.69 bits per heavy atom. The van der Waals surface area contributed by atoms with E-state index in [1.54, 1.807) is 11.3 Å². The zero-order chi connectivity index (χ0) is 20.9. The van der Waals surface area contributed by atoms with Crippen LogP contribution in [0.25, 0.3) is 6.08 Å². The molecule has 1 aromatic heterocycles. The van der Waals surface area contributed by atoms with Crippen LogP contribution in [0.4, 0.5) is 0 Å². The van der Waals surface area contributed by atoms with Crippen molar-refractivity contribution in [3.8, 4) is 0 Å². The van der Waals surface area contributed by atoms with Gasteiger partial charge in [0.25, 0.3) is 0 Å². The summed E-state index contributed by atoms with van der Waals surface area (Å²) in [5.74, 6) is 0. The van der Waals surface area contributed by atoms with Crippen molar-refractivity contribution < 1.29 is 0 Å². The lowest BCUT2D eigenvalue weighted by Gasteiger charge is -2.20. The van der Waals surface area contributed by atoms with Crippen LogP contribution in [-0.2, 0) is 11.8 Å². The Morgan fingerprint density at radius 1 is 1.00 bits per heavy atom. The van der Waals surface area contributed by atoms with Gasteiger partial charge in [-0.3, -0.25) is 10.8 Å². The quantitative estimate of drug-likeness (QED) is 0.415. The molecular formula is C25H27N3S. The van der Waals surface area contributed by atoms with Gasteiger partial charge in [0.1, 0.15) is 0 Å². The maximum Gasteiger partial charge on any atom is 0.0925 e. The van der Waals surface area contributed by atoms with Crippen molar-refractivity contribution in [2.24, 2.45) is 0 Å². The third-order valence-corrected chi connectivity index (χ3v) is 5.97. The molecule has 0 aliphatic heterocycles. The number of allylic oxidation sites excluding steroid dienone is 1. The van der Waals surface area contributed by atoms with Gasteiger partial charge in [0, 0.05) is 21.9 Å². The number of thiazole rings is 1. The normalized spacial score (nSPS) is 11.7. The number of nitrogens with zero attached hydrogens (tertiary/aromatic N) is 1. The molecule has 0 saturated heterocycles. The Bertz CT molecular complexity index is 1030. The molecule has 0 atom stereocenters. The Hall–Kier alpha value is -2.85. The summed E-state index contributed by atoms with van der Waals surface area (Å²) < 4.78 is 0. The van der Waals surface area contributed by atoms with Crippen LogP contribution in [0.3, 0.4) is 0 Å². The summed E-state index contributed by atoms with van der Waals surface area (Å²) in [5.41, 5.74) is 4.17. The smallest absolute Gasteiger partial charge is 0.0925 e. The predicted molar refractivity (Wildman–Crippen MR) is 125 cm³/mol. The lowest BCUT2D eigenvalue weighted by molar-refractivity contribution is 0.519. The lowest BCUT2D eigenvalue weighted by atomic mass is 9.86. The Labute approximate surface area is 177 Å². The summed E-state index contributed by atoms with van der Waals surface area (Å²) in [6, 6.07) is 17.3. The SMILES string of the molecule is CCc1nc(C(C)(C)C/C=C/c2cccc(C(=N)C(=N)c3ccccc3)c2)cs1. The summed E-state index contributed by atoms with van der Waals surface area (Å²) >= 11 is 1.73. The molecule has 3 aromatic rings. The molecule has 4 heteroatoms. The molecule has 2 aromatic carbocycles. The number of aryl methyl sites for hydroxylation is 1. The topological polar surface area (TPSA) is 60.6 Å². The zero-order valence-corrected chi connectivity index (χ0v) is 18.0. The van der Waals surface area contributed by atoms with E-state index < -0.39 is 0 Å². The standard InChI is InChI=1S/C25H27N3S/c1-4-22-28-21(17-29-22)25(2,3)15-9-11-18-10-8-14-20(16-18)24(27)23(26)19-12-6-5-7-13-19/h5-14,16-17,26-27H,4,15H2,1-3H3/b11-9+,26-23?,27-24?. The van der Waals surface area contributed by atoms with Gasteiger partial charge in [0.15, 0.2) is 0 Å². The van der Waals surface area contributed by atoms with Gasteiger partial charge in [0.05, 0.1) is 22.1 Å². The number of rotatable bonds is 8. The average Bonchev–Trinajstić information content (AvgIpc) is 3.24. The third-order valence-electron chi connectivity index (χ3n) is 4.97. The molecular weight excluding hydrogens is 374 g/mol. The van der Waals surface area contributed by atoms with Crippen molar-refractivity contribution in [1.29, 1.82) is 10.8 Å². The highest BCUT2D eigenvalue weighted by atomic mass is 32.1. The molecule has 2 N–H and O–H groups in total.